The molecule has 2 N–H and O–H groups in total. The maximum atomic E-state index is 6.86. The molecule has 0 heterocycles. The predicted octanol–water partition coefficient (Wildman–Crippen LogP) is 3.67. The van der Waals surface area contributed by atoms with Crippen LogP contribution in [-0.2, 0) is 0 Å². The topological polar surface area (TPSA) is 24.1 Å². The minimum atomic E-state index is -1.31. The highest BCUT2D eigenvalue weighted by Crippen LogP contribution is 2.22. The Balaban J connectivity index is 2.45. The third-order valence-electron chi connectivity index (χ3n) is 3.21. The van der Waals surface area contributed by atoms with Crippen molar-refractivity contribution in [3.63, 3.8) is 0 Å². The molecule has 0 fully saturated rings. The van der Waals surface area contributed by atoms with Gasteiger partial charge in [0.1, 0.15) is 0 Å². The first-order chi connectivity index (χ1) is 10.5. The van der Waals surface area contributed by atoms with Crippen LogP contribution < -0.4 is 21.0 Å². The smallest absolute Gasteiger partial charge is 0.236 e. The normalized spacial score (nSPS) is 11.3. The van der Waals surface area contributed by atoms with Gasteiger partial charge in [0.05, 0.1) is 11.4 Å². The zero-order valence-electron chi connectivity index (χ0n) is 13.7. The molecule has 22 heavy (non-hydrogen) atoms. The quantitative estimate of drug-likeness (QED) is 0.623. The first-order valence-electron chi connectivity index (χ1n) is 7.73. The van der Waals surface area contributed by atoms with Crippen LogP contribution in [0.2, 0.25) is 0 Å². The molecule has 2 rings (SSSR count). The number of para-hydroxylation sites is 1. The summed E-state index contributed by atoms with van der Waals surface area (Å²) in [7, 11) is -1.31. The zero-order valence-corrected chi connectivity index (χ0v) is 15.4. The highest BCUT2D eigenvalue weighted by molar-refractivity contribution is 7.21. The molecule has 0 amide bonds. The lowest BCUT2D eigenvalue weighted by Crippen LogP contribution is -2.39. The molecular formula is C18H24ClN2Si. The Labute approximate surface area is 140 Å². The summed E-state index contributed by atoms with van der Waals surface area (Å²) in [5.41, 5.74) is 2.26. The van der Waals surface area contributed by atoms with Gasteiger partial charge in [-0.15, -0.1) is 0 Å². The minimum absolute atomic E-state index is 0.358. The molecule has 0 saturated carbocycles. The van der Waals surface area contributed by atoms with Crippen molar-refractivity contribution in [3.8, 4) is 0 Å². The summed E-state index contributed by atoms with van der Waals surface area (Å²) in [4.78, 5) is 0. The Morgan fingerprint density at radius 2 is 1.45 bits per heavy atom. The molecular weight excluding hydrogens is 308 g/mol. The molecule has 0 atom stereocenters. The Hall–Kier alpha value is -1.45. The van der Waals surface area contributed by atoms with Crippen LogP contribution >= 0.6 is 11.1 Å². The number of anilines is 2. The lowest BCUT2D eigenvalue weighted by atomic mass is 10.2. The van der Waals surface area contributed by atoms with Crippen molar-refractivity contribution < 1.29 is 0 Å². The molecule has 2 aromatic rings. The first kappa shape index (κ1) is 16.9. The van der Waals surface area contributed by atoms with Crippen molar-refractivity contribution in [2.75, 3.05) is 10.6 Å². The number of benzene rings is 2. The maximum Gasteiger partial charge on any atom is 0.236 e. The Kier molecular flexibility index (Phi) is 5.92. The second kappa shape index (κ2) is 7.70. The molecule has 2 aromatic carbocycles. The summed E-state index contributed by atoms with van der Waals surface area (Å²) in [6, 6.07) is 17.4. The lowest BCUT2D eigenvalue weighted by molar-refractivity contribution is 0.885. The van der Waals surface area contributed by atoms with E-state index >= 15 is 0 Å². The van der Waals surface area contributed by atoms with Crippen LogP contribution in [0.4, 0.5) is 11.4 Å². The Bertz CT molecular complexity index is 599. The van der Waals surface area contributed by atoms with Crippen molar-refractivity contribution in [3.05, 3.63) is 48.5 Å². The number of halogens is 1. The summed E-state index contributed by atoms with van der Waals surface area (Å²) in [6.07, 6.45) is 0. The van der Waals surface area contributed by atoms with E-state index in [1.54, 1.807) is 0 Å². The zero-order chi connectivity index (χ0) is 16.1. The molecule has 4 heteroatoms. The number of rotatable bonds is 6. The van der Waals surface area contributed by atoms with Gasteiger partial charge in [-0.3, -0.25) is 0 Å². The fourth-order valence-corrected chi connectivity index (χ4v) is 4.67. The van der Waals surface area contributed by atoms with Crippen molar-refractivity contribution in [2.24, 2.45) is 0 Å². The molecule has 0 spiro atoms. The molecule has 0 aromatic heterocycles. The van der Waals surface area contributed by atoms with Gasteiger partial charge < -0.3 is 10.6 Å². The molecule has 0 saturated heterocycles. The van der Waals surface area contributed by atoms with Crippen molar-refractivity contribution >= 4 is 40.9 Å². The molecule has 2 nitrogen and oxygen atoms in total. The third-order valence-corrected chi connectivity index (χ3v) is 6.20. The SMILES string of the molecule is CC(C)Nc1cccc([Si](Cl)c2ccccc2)c1NC(C)C. The first-order valence-corrected chi connectivity index (χ1v) is 10.2. The highest BCUT2D eigenvalue weighted by Gasteiger charge is 2.20. The summed E-state index contributed by atoms with van der Waals surface area (Å²) < 4.78 is 0. The summed E-state index contributed by atoms with van der Waals surface area (Å²) >= 11 is 6.86. The van der Waals surface area contributed by atoms with Crippen LogP contribution in [0.15, 0.2) is 48.5 Å². The van der Waals surface area contributed by atoms with E-state index in [4.69, 9.17) is 11.1 Å². The predicted molar refractivity (Wildman–Crippen MR) is 101 cm³/mol. The molecule has 0 unspecified atom stereocenters. The van der Waals surface area contributed by atoms with Crippen molar-refractivity contribution in [1.29, 1.82) is 0 Å². The molecule has 0 aliphatic heterocycles. The van der Waals surface area contributed by atoms with E-state index in [1.807, 2.05) is 18.2 Å². The van der Waals surface area contributed by atoms with Crippen molar-refractivity contribution in [1.82, 2.24) is 0 Å². The van der Waals surface area contributed by atoms with Crippen LogP contribution in [0.1, 0.15) is 27.7 Å². The molecule has 117 valence electrons. The van der Waals surface area contributed by atoms with Gasteiger partial charge in [0.15, 0.2) is 0 Å². The molecule has 0 aliphatic rings. The Morgan fingerprint density at radius 1 is 0.818 bits per heavy atom. The van der Waals surface area contributed by atoms with Crippen LogP contribution in [0.25, 0.3) is 0 Å². The summed E-state index contributed by atoms with van der Waals surface area (Å²) in [5, 5.41) is 9.51. The van der Waals surface area contributed by atoms with Crippen LogP contribution in [0.5, 0.6) is 0 Å². The van der Waals surface area contributed by atoms with Gasteiger partial charge in [0, 0.05) is 12.1 Å². The van der Waals surface area contributed by atoms with E-state index in [0.29, 0.717) is 12.1 Å². The van der Waals surface area contributed by atoms with Gasteiger partial charge in [0.25, 0.3) is 0 Å². The van der Waals surface area contributed by atoms with Gasteiger partial charge in [-0.25, -0.2) is 0 Å². The number of nitrogens with one attached hydrogen (secondary N) is 2. The van der Waals surface area contributed by atoms with E-state index in [2.05, 4.69) is 68.7 Å². The van der Waals surface area contributed by atoms with Gasteiger partial charge in [0.2, 0.25) is 8.11 Å². The fraction of sp³-hybridized carbons (Fsp3) is 0.333. The molecule has 0 aliphatic carbocycles. The van der Waals surface area contributed by atoms with Gasteiger partial charge in [-0.1, -0.05) is 42.5 Å². The second-order valence-electron chi connectivity index (χ2n) is 6.01. The van der Waals surface area contributed by atoms with E-state index in [9.17, 15) is 0 Å². The van der Waals surface area contributed by atoms with Crippen LogP contribution in [0.3, 0.4) is 0 Å². The largest absolute Gasteiger partial charge is 0.381 e. The standard InChI is InChI=1S/C18H24ClN2Si/c1-13(2)20-16-11-8-12-17(18(16)21-14(3)4)22(19)15-9-6-5-7-10-15/h5-14,20-21H,1-4H3. The van der Waals surface area contributed by atoms with Crippen LogP contribution in [0, 0.1) is 0 Å². The minimum Gasteiger partial charge on any atom is -0.381 e. The number of hydrogen-bond acceptors (Lipinski definition) is 2. The van der Waals surface area contributed by atoms with Crippen molar-refractivity contribution in [2.45, 2.75) is 39.8 Å². The highest BCUT2D eigenvalue weighted by atomic mass is 35.6. The van der Waals surface area contributed by atoms with E-state index in [0.717, 1.165) is 11.4 Å². The van der Waals surface area contributed by atoms with Crippen LogP contribution in [-0.4, -0.2) is 20.2 Å². The van der Waals surface area contributed by atoms with E-state index in [-0.39, 0.29) is 0 Å². The van der Waals surface area contributed by atoms with E-state index < -0.39 is 8.11 Å². The number of hydrogen-bond donors (Lipinski definition) is 2. The average Bonchev–Trinajstić information content (AvgIpc) is 2.48. The van der Waals surface area contributed by atoms with Gasteiger partial charge in [-0.2, -0.15) is 11.1 Å². The third kappa shape index (κ3) is 4.28. The maximum absolute atomic E-state index is 6.86. The van der Waals surface area contributed by atoms with E-state index in [1.165, 1.54) is 10.4 Å². The Morgan fingerprint density at radius 3 is 2.05 bits per heavy atom. The fourth-order valence-electron chi connectivity index (χ4n) is 2.35. The lowest BCUT2D eigenvalue weighted by Gasteiger charge is -2.23. The van der Waals surface area contributed by atoms with Gasteiger partial charge >= 0.3 is 0 Å². The average molecular weight is 332 g/mol. The van der Waals surface area contributed by atoms with Gasteiger partial charge in [-0.05, 0) is 44.1 Å². The molecule has 0 bridgehead atoms. The summed E-state index contributed by atoms with van der Waals surface area (Å²) in [5.74, 6) is 0. The second-order valence-corrected chi connectivity index (χ2v) is 8.88. The summed E-state index contributed by atoms with van der Waals surface area (Å²) in [6.45, 7) is 8.60. The monoisotopic (exact) mass is 331 g/mol. The molecule has 1 radical (unpaired) electrons.